The molecule has 0 aromatic heterocycles. The van der Waals surface area contributed by atoms with Crippen molar-refractivity contribution < 1.29 is 14.3 Å². The van der Waals surface area contributed by atoms with Gasteiger partial charge in [-0.1, -0.05) is 85.5 Å². The molecule has 0 saturated heterocycles. The van der Waals surface area contributed by atoms with Gasteiger partial charge in [-0.25, -0.2) is 0 Å². The van der Waals surface area contributed by atoms with Gasteiger partial charge in [-0.05, 0) is 63.9 Å². The number of ether oxygens (including phenoxy) is 1. The molecule has 0 fully saturated rings. The zero-order valence-corrected chi connectivity index (χ0v) is 22.6. The molecule has 1 N–H and O–H groups in total. The van der Waals surface area contributed by atoms with Gasteiger partial charge in [-0.15, -0.1) is 0 Å². The van der Waals surface area contributed by atoms with E-state index in [4.69, 9.17) is 4.74 Å². The van der Waals surface area contributed by atoms with E-state index < -0.39 is 0 Å². The van der Waals surface area contributed by atoms with Gasteiger partial charge in [-0.2, -0.15) is 0 Å². The molecule has 0 heterocycles. The molecule has 5 nitrogen and oxygen atoms in total. The van der Waals surface area contributed by atoms with E-state index in [-0.39, 0.29) is 30.9 Å². The minimum Gasteiger partial charge on any atom is -0.461 e. The molecule has 0 unspecified atom stereocenters. The Bertz CT molecular complexity index is 954. The molecular formula is C31H44N2O3. The van der Waals surface area contributed by atoms with Crippen molar-refractivity contribution in [1.82, 2.24) is 10.2 Å². The number of unbranched alkanes of at least 4 members (excludes halogenated alkanes) is 5. The first-order chi connectivity index (χ1) is 17.3. The van der Waals surface area contributed by atoms with Gasteiger partial charge in [-0.3, -0.25) is 9.59 Å². The summed E-state index contributed by atoms with van der Waals surface area (Å²) in [5.41, 5.74) is 4.86. The SMILES string of the molecule is Cc1ccc(C)c(C=CCCCCCCCC(=O)N[C@H](CC(=O)OCc2ccccc2)CN(C)C)c1. The molecule has 36 heavy (non-hydrogen) atoms. The van der Waals surface area contributed by atoms with Gasteiger partial charge < -0.3 is 15.0 Å². The average molecular weight is 493 g/mol. The quantitative estimate of drug-likeness (QED) is 0.223. The van der Waals surface area contributed by atoms with Crippen LogP contribution in [-0.4, -0.2) is 43.5 Å². The van der Waals surface area contributed by atoms with Gasteiger partial charge >= 0.3 is 5.97 Å². The second-order valence-corrected chi connectivity index (χ2v) is 9.95. The molecule has 0 spiro atoms. The van der Waals surface area contributed by atoms with E-state index >= 15 is 0 Å². The van der Waals surface area contributed by atoms with Gasteiger partial charge in [0.1, 0.15) is 6.61 Å². The summed E-state index contributed by atoms with van der Waals surface area (Å²) in [6.45, 7) is 5.13. The average Bonchev–Trinajstić information content (AvgIpc) is 2.84. The van der Waals surface area contributed by atoms with Gasteiger partial charge in [0.05, 0.1) is 12.5 Å². The van der Waals surface area contributed by atoms with Crippen molar-refractivity contribution in [2.45, 2.75) is 77.9 Å². The molecular weight excluding hydrogens is 448 g/mol. The summed E-state index contributed by atoms with van der Waals surface area (Å²) < 4.78 is 5.40. The molecule has 196 valence electrons. The van der Waals surface area contributed by atoms with E-state index in [0.717, 1.165) is 31.2 Å². The van der Waals surface area contributed by atoms with Crippen molar-refractivity contribution in [3.05, 3.63) is 76.9 Å². The number of esters is 1. The van der Waals surface area contributed by atoms with Crippen LogP contribution in [0.4, 0.5) is 0 Å². The predicted octanol–water partition coefficient (Wildman–Crippen LogP) is 6.23. The van der Waals surface area contributed by atoms with Crippen molar-refractivity contribution in [3.63, 3.8) is 0 Å². The lowest BCUT2D eigenvalue weighted by molar-refractivity contribution is -0.145. The summed E-state index contributed by atoms with van der Waals surface area (Å²) in [7, 11) is 3.87. The van der Waals surface area contributed by atoms with Crippen LogP contribution in [0, 0.1) is 13.8 Å². The summed E-state index contributed by atoms with van der Waals surface area (Å²) >= 11 is 0. The molecule has 2 rings (SSSR count). The second-order valence-electron chi connectivity index (χ2n) is 9.95. The minimum absolute atomic E-state index is 0.00849. The lowest BCUT2D eigenvalue weighted by atomic mass is 10.0. The van der Waals surface area contributed by atoms with E-state index in [1.807, 2.05) is 49.3 Å². The highest BCUT2D eigenvalue weighted by Gasteiger charge is 2.18. The van der Waals surface area contributed by atoms with Crippen LogP contribution >= 0.6 is 0 Å². The largest absolute Gasteiger partial charge is 0.461 e. The number of amides is 1. The molecule has 2 aromatic rings. The first-order valence-corrected chi connectivity index (χ1v) is 13.2. The van der Waals surface area contributed by atoms with Crippen LogP contribution < -0.4 is 5.32 Å². The van der Waals surface area contributed by atoms with Crippen LogP contribution in [0.15, 0.2) is 54.6 Å². The number of carbonyl (C=O) groups excluding carboxylic acids is 2. The van der Waals surface area contributed by atoms with Crippen molar-refractivity contribution >= 4 is 18.0 Å². The summed E-state index contributed by atoms with van der Waals surface area (Å²) in [5, 5.41) is 3.03. The van der Waals surface area contributed by atoms with Crippen LogP contribution in [0.25, 0.3) is 6.08 Å². The van der Waals surface area contributed by atoms with E-state index in [2.05, 4.69) is 49.5 Å². The highest BCUT2D eigenvalue weighted by atomic mass is 16.5. The summed E-state index contributed by atoms with van der Waals surface area (Å²) in [5.74, 6) is -0.285. The Labute approximate surface area is 217 Å². The molecule has 0 aliphatic carbocycles. The number of hydrogen-bond acceptors (Lipinski definition) is 4. The number of aryl methyl sites for hydroxylation is 2. The Morgan fingerprint density at radius 2 is 1.69 bits per heavy atom. The summed E-state index contributed by atoms with van der Waals surface area (Å²) in [6.07, 6.45) is 11.7. The monoisotopic (exact) mass is 492 g/mol. The van der Waals surface area contributed by atoms with Gasteiger partial charge in [0.2, 0.25) is 5.91 Å². The zero-order valence-electron chi connectivity index (χ0n) is 22.6. The van der Waals surface area contributed by atoms with Crippen LogP contribution in [-0.2, 0) is 20.9 Å². The molecule has 0 saturated carbocycles. The van der Waals surface area contributed by atoms with Crippen molar-refractivity contribution in [2.24, 2.45) is 0 Å². The van der Waals surface area contributed by atoms with Crippen molar-refractivity contribution in [1.29, 1.82) is 0 Å². The number of nitrogens with one attached hydrogen (secondary N) is 1. The number of nitrogens with zero attached hydrogens (tertiary/aromatic N) is 1. The van der Waals surface area contributed by atoms with Crippen LogP contribution in [0.2, 0.25) is 0 Å². The smallest absolute Gasteiger partial charge is 0.308 e. The Morgan fingerprint density at radius 1 is 0.972 bits per heavy atom. The lowest BCUT2D eigenvalue weighted by Gasteiger charge is -2.22. The Morgan fingerprint density at radius 3 is 2.44 bits per heavy atom. The van der Waals surface area contributed by atoms with Gasteiger partial charge in [0.25, 0.3) is 0 Å². The maximum Gasteiger partial charge on any atom is 0.308 e. The van der Waals surface area contributed by atoms with E-state index in [1.54, 1.807) is 0 Å². The van der Waals surface area contributed by atoms with Crippen LogP contribution in [0.5, 0.6) is 0 Å². The Balaban J connectivity index is 1.59. The first-order valence-electron chi connectivity index (χ1n) is 13.2. The maximum atomic E-state index is 12.5. The molecule has 1 amide bonds. The molecule has 0 aliphatic rings. The second kappa shape index (κ2) is 16.7. The topological polar surface area (TPSA) is 58.6 Å². The molecule has 1 atom stereocenters. The number of allylic oxidation sites excluding steroid dienone is 1. The van der Waals surface area contributed by atoms with E-state index in [0.29, 0.717) is 13.0 Å². The van der Waals surface area contributed by atoms with Crippen LogP contribution in [0.1, 0.15) is 73.6 Å². The molecule has 2 aromatic carbocycles. The Hall–Kier alpha value is -2.92. The highest BCUT2D eigenvalue weighted by molar-refractivity contribution is 5.77. The van der Waals surface area contributed by atoms with Crippen molar-refractivity contribution in [2.75, 3.05) is 20.6 Å². The van der Waals surface area contributed by atoms with Gasteiger partial charge in [0.15, 0.2) is 0 Å². The third kappa shape index (κ3) is 12.7. The normalized spacial score (nSPS) is 12.1. The maximum absolute atomic E-state index is 12.5. The lowest BCUT2D eigenvalue weighted by Crippen LogP contribution is -2.43. The van der Waals surface area contributed by atoms with Gasteiger partial charge in [0, 0.05) is 13.0 Å². The Kier molecular flexibility index (Phi) is 13.6. The number of hydrogen-bond donors (Lipinski definition) is 1. The van der Waals surface area contributed by atoms with E-state index in [1.165, 1.54) is 29.5 Å². The number of likely N-dealkylation sites (N-methyl/N-ethyl adjacent to an activating group) is 1. The summed E-state index contributed by atoms with van der Waals surface area (Å²) in [4.78, 5) is 26.8. The third-order valence-corrected chi connectivity index (χ3v) is 6.11. The highest BCUT2D eigenvalue weighted by Crippen LogP contribution is 2.14. The third-order valence-electron chi connectivity index (χ3n) is 6.11. The van der Waals surface area contributed by atoms with Crippen molar-refractivity contribution in [3.8, 4) is 0 Å². The number of carbonyl (C=O) groups is 2. The summed E-state index contributed by atoms with van der Waals surface area (Å²) in [6, 6.07) is 15.9. The number of benzene rings is 2. The zero-order chi connectivity index (χ0) is 26.2. The molecule has 0 bridgehead atoms. The van der Waals surface area contributed by atoms with E-state index in [9.17, 15) is 9.59 Å². The first kappa shape index (κ1) is 29.3. The number of rotatable bonds is 16. The molecule has 5 heteroatoms. The standard InChI is InChI=1S/C31H44N2O3/c1-25-19-20-26(2)28(21-25)17-13-8-6-5-7-9-14-18-30(34)32-29(23-33(3)4)22-31(35)36-24-27-15-11-10-12-16-27/h10-13,15-17,19-21,29H,5-9,14,18,22-24H2,1-4H3,(H,32,34)/t29-/m1/s1. The predicted molar refractivity (Wildman–Crippen MR) is 149 cm³/mol. The fourth-order valence-corrected chi connectivity index (χ4v) is 4.13. The fraction of sp³-hybridized carbons (Fsp3) is 0.484. The molecule has 0 aliphatic heterocycles. The van der Waals surface area contributed by atoms with Crippen LogP contribution in [0.3, 0.4) is 0 Å². The molecule has 0 radical (unpaired) electrons. The minimum atomic E-state index is -0.294. The fourth-order valence-electron chi connectivity index (χ4n) is 4.13.